The van der Waals surface area contributed by atoms with Gasteiger partial charge >= 0.3 is 6.18 Å². The Morgan fingerprint density at radius 2 is 2.12 bits per heavy atom. The lowest BCUT2D eigenvalue weighted by atomic mass is 10.2. The summed E-state index contributed by atoms with van der Waals surface area (Å²) in [6, 6.07) is 0. The molecule has 0 aromatic carbocycles. The van der Waals surface area contributed by atoms with Crippen molar-refractivity contribution in [3.8, 4) is 0 Å². The van der Waals surface area contributed by atoms with E-state index in [0.717, 1.165) is 17.7 Å². The highest BCUT2D eigenvalue weighted by atomic mass is 19.4. The van der Waals surface area contributed by atoms with E-state index in [-0.39, 0.29) is 6.42 Å². The fourth-order valence-corrected chi connectivity index (χ4v) is 1.67. The topological polar surface area (TPSA) is 29.9 Å². The van der Waals surface area contributed by atoms with E-state index in [0.29, 0.717) is 13.1 Å². The van der Waals surface area contributed by atoms with E-state index in [1.54, 1.807) is 4.68 Å². The van der Waals surface area contributed by atoms with Gasteiger partial charge in [0.25, 0.3) is 0 Å². The van der Waals surface area contributed by atoms with Gasteiger partial charge in [-0.05, 0) is 19.4 Å². The van der Waals surface area contributed by atoms with Crippen LogP contribution in [-0.4, -0.2) is 22.5 Å². The second-order valence-corrected chi connectivity index (χ2v) is 4.02. The molecule has 6 heteroatoms. The summed E-state index contributed by atoms with van der Waals surface area (Å²) in [4.78, 5) is 0. The van der Waals surface area contributed by atoms with Crippen molar-refractivity contribution < 1.29 is 13.2 Å². The molecule has 0 aliphatic heterocycles. The number of hydrogen-bond acceptors (Lipinski definition) is 2. The Kier molecular flexibility index (Phi) is 4.99. The Hall–Kier alpha value is -1.04. The summed E-state index contributed by atoms with van der Waals surface area (Å²) in [6.07, 6.45) is -1.93. The summed E-state index contributed by atoms with van der Waals surface area (Å²) in [5, 5.41) is 7.27. The van der Waals surface area contributed by atoms with Crippen molar-refractivity contribution in [1.29, 1.82) is 0 Å². The number of alkyl halides is 3. The van der Waals surface area contributed by atoms with Gasteiger partial charge in [0, 0.05) is 31.8 Å². The van der Waals surface area contributed by atoms with Crippen molar-refractivity contribution in [2.75, 3.05) is 6.54 Å². The van der Waals surface area contributed by atoms with Gasteiger partial charge in [0.1, 0.15) is 0 Å². The fourth-order valence-electron chi connectivity index (χ4n) is 1.67. The summed E-state index contributed by atoms with van der Waals surface area (Å²) >= 11 is 0. The molecule has 1 aromatic rings. The van der Waals surface area contributed by atoms with E-state index >= 15 is 0 Å². The zero-order chi connectivity index (χ0) is 12.9. The molecule has 0 aliphatic rings. The molecule has 0 fully saturated rings. The molecule has 0 unspecified atom stereocenters. The SMILES string of the molecule is CCc1nn(C)cc1CNCCCC(F)(F)F. The van der Waals surface area contributed by atoms with Crippen LogP contribution in [0.25, 0.3) is 0 Å². The van der Waals surface area contributed by atoms with E-state index in [1.807, 2.05) is 20.2 Å². The largest absolute Gasteiger partial charge is 0.389 e. The lowest BCUT2D eigenvalue weighted by Crippen LogP contribution is -2.18. The minimum Gasteiger partial charge on any atom is -0.313 e. The van der Waals surface area contributed by atoms with Gasteiger partial charge in [-0.25, -0.2) is 0 Å². The van der Waals surface area contributed by atoms with Crippen molar-refractivity contribution in [3.63, 3.8) is 0 Å². The van der Waals surface area contributed by atoms with Crippen molar-refractivity contribution in [2.45, 2.75) is 38.9 Å². The second kappa shape index (κ2) is 6.05. The number of halogens is 3. The molecule has 0 spiro atoms. The minimum atomic E-state index is -4.05. The van der Waals surface area contributed by atoms with E-state index in [9.17, 15) is 13.2 Å². The summed E-state index contributed by atoms with van der Waals surface area (Å²) in [5.41, 5.74) is 2.05. The molecule has 0 aliphatic carbocycles. The number of aromatic nitrogens is 2. The van der Waals surface area contributed by atoms with Gasteiger partial charge in [-0.1, -0.05) is 6.92 Å². The molecule has 0 radical (unpaired) electrons. The van der Waals surface area contributed by atoms with E-state index in [1.165, 1.54) is 0 Å². The quantitative estimate of drug-likeness (QED) is 0.785. The maximum atomic E-state index is 11.9. The maximum Gasteiger partial charge on any atom is 0.389 e. The molecule has 17 heavy (non-hydrogen) atoms. The molecule has 0 bridgehead atoms. The van der Waals surface area contributed by atoms with Crippen LogP contribution in [0.3, 0.4) is 0 Å². The minimum absolute atomic E-state index is 0.116. The molecule has 3 nitrogen and oxygen atoms in total. The van der Waals surface area contributed by atoms with Crippen LogP contribution in [0, 0.1) is 0 Å². The van der Waals surface area contributed by atoms with Gasteiger partial charge in [-0.15, -0.1) is 0 Å². The molecule has 98 valence electrons. The number of hydrogen-bond donors (Lipinski definition) is 1. The lowest BCUT2D eigenvalue weighted by molar-refractivity contribution is -0.135. The van der Waals surface area contributed by atoms with Crippen LogP contribution in [0.15, 0.2) is 6.20 Å². The van der Waals surface area contributed by atoms with E-state index in [2.05, 4.69) is 10.4 Å². The van der Waals surface area contributed by atoms with Crippen molar-refractivity contribution in [1.82, 2.24) is 15.1 Å². The molecule has 1 aromatic heterocycles. The average molecular weight is 249 g/mol. The Balaban J connectivity index is 2.26. The highest BCUT2D eigenvalue weighted by molar-refractivity contribution is 5.16. The van der Waals surface area contributed by atoms with Gasteiger partial charge < -0.3 is 5.32 Å². The first-order valence-electron chi connectivity index (χ1n) is 5.71. The van der Waals surface area contributed by atoms with E-state index < -0.39 is 12.6 Å². The van der Waals surface area contributed by atoms with Crippen LogP contribution < -0.4 is 5.32 Å². The molecule has 1 N–H and O–H groups in total. The molecular formula is C11H18F3N3. The monoisotopic (exact) mass is 249 g/mol. The Bertz CT molecular complexity index is 344. The normalized spacial score (nSPS) is 12.1. The van der Waals surface area contributed by atoms with Crippen LogP contribution in [0.5, 0.6) is 0 Å². The van der Waals surface area contributed by atoms with Gasteiger partial charge in [0.15, 0.2) is 0 Å². The third-order valence-corrected chi connectivity index (χ3v) is 2.46. The summed E-state index contributed by atoms with van der Waals surface area (Å²) in [7, 11) is 1.84. The highest BCUT2D eigenvalue weighted by Crippen LogP contribution is 2.20. The van der Waals surface area contributed by atoms with Gasteiger partial charge in [0.05, 0.1) is 5.69 Å². The predicted octanol–water partition coefficient (Wildman–Crippen LogP) is 2.41. The lowest BCUT2D eigenvalue weighted by Gasteiger charge is -2.07. The summed E-state index contributed by atoms with van der Waals surface area (Å²) in [6.45, 7) is 2.96. The fraction of sp³-hybridized carbons (Fsp3) is 0.727. The van der Waals surface area contributed by atoms with Crippen molar-refractivity contribution in [3.05, 3.63) is 17.5 Å². The van der Waals surface area contributed by atoms with Crippen molar-refractivity contribution >= 4 is 0 Å². The molecule has 1 rings (SSSR count). The second-order valence-electron chi connectivity index (χ2n) is 4.02. The summed E-state index contributed by atoms with van der Waals surface area (Å²) < 4.78 is 37.4. The third kappa shape index (κ3) is 5.21. The molecule has 0 atom stereocenters. The first-order valence-corrected chi connectivity index (χ1v) is 5.71. The molecule has 0 amide bonds. The first kappa shape index (κ1) is 14.0. The smallest absolute Gasteiger partial charge is 0.313 e. The maximum absolute atomic E-state index is 11.9. The van der Waals surface area contributed by atoms with Crippen LogP contribution >= 0.6 is 0 Å². The third-order valence-electron chi connectivity index (χ3n) is 2.46. The molecular weight excluding hydrogens is 231 g/mol. The number of rotatable bonds is 6. The average Bonchev–Trinajstić information content (AvgIpc) is 2.57. The predicted molar refractivity (Wildman–Crippen MR) is 59.6 cm³/mol. The van der Waals surface area contributed by atoms with Gasteiger partial charge in [0.2, 0.25) is 0 Å². The standard InChI is InChI=1S/C11H18F3N3/c1-3-10-9(8-17(2)16-10)7-15-6-4-5-11(12,13)14/h8,15H,3-7H2,1-2H3. The van der Waals surface area contributed by atoms with Gasteiger partial charge in [-0.2, -0.15) is 18.3 Å². The molecule has 0 saturated heterocycles. The Labute approximate surface area is 99.0 Å². The number of aryl methyl sites for hydroxylation is 2. The van der Waals surface area contributed by atoms with Crippen LogP contribution in [-0.2, 0) is 20.0 Å². The zero-order valence-corrected chi connectivity index (χ0v) is 10.1. The number of nitrogens with one attached hydrogen (secondary N) is 1. The van der Waals surface area contributed by atoms with Crippen LogP contribution in [0.2, 0.25) is 0 Å². The highest BCUT2D eigenvalue weighted by Gasteiger charge is 2.25. The molecule has 1 heterocycles. The Morgan fingerprint density at radius 1 is 1.41 bits per heavy atom. The first-order chi connectivity index (χ1) is 7.92. The van der Waals surface area contributed by atoms with E-state index in [4.69, 9.17) is 0 Å². The van der Waals surface area contributed by atoms with Gasteiger partial charge in [-0.3, -0.25) is 4.68 Å². The zero-order valence-electron chi connectivity index (χ0n) is 10.1. The van der Waals surface area contributed by atoms with Crippen molar-refractivity contribution in [2.24, 2.45) is 7.05 Å². The van der Waals surface area contributed by atoms with Crippen LogP contribution in [0.4, 0.5) is 13.2 Å². The Morgan fingerprint density at radius 3 is 2.71 bits per heavy atom. The summed E-state index contributed by atoms with van der Waals surface area (Å²) in [5.74, 6) is 0. The van der Waals surface area contributed by atoms with Crippen LogP contribution in [0.1, 0.15) is 31.0 Å². The molecule has 0 saturated carbocycles. The number of nitrogens with zero attached hydrogens (tertiary/aromatic N) is 2.